The van der Waals surface area contributed by atoms with Crippen LogP contribution >= 0.6 is 23.2 Å². The monoisotopic (exact) mass is 486 g/mol. The summed E-state index contributed by atoms with van der Waals surface area (Å²) in [6, 6.07) is 11.4. The van der Waals surface area contributed by atoms with E-state index in [1.165, 1.54) is 0 Å². The zero-order valence-corrected chi connectivity index (χ0v) is 16.9. The first-order chi connectivity index (χ1) is 11.7. The third-order valence-electron chi connectivity index (χ3n) is 3.32. The van der Waals surface area contributed by atoms with Gasteiger partial charge in [0.2, 0.25) is 0 Å². The Kier molecular flexibility index (Phi) is 4.68. The Morgan fingerprint density at radius 3 is 1.54 bits per heavy atom. The molecule has 0 radical (unpaired) electrons. The summed E-state index contributed by atoms with van der Waals surface area (Å²) in [5.41, 5.74) is 1.83. The molecular weight excluding hydrogens is 477 g/mol. The Hall–Kier alpha value is -1.26. The van der Waals surface area contributed by atoms with E-state index in [1.807, 2.05) is 36.4 Å². The summed E-state index contributed by atoms with van der Waals surface area (Å²) in [5.74, 6) is 0. The van der Waals surface area contributed by atoms with Gasteiger partial charge in [0.25, 0.3) is 0 Å². The van der Waals surface area contributed by atoms with Crippen LogP contribution in [0.5, 0.6) is 0 Å². The van der Waals surface area contributed by atoms with Crippen molar-refractivity contribution in [3.63, 3.8) is 0 Å². The molecular formula is C16H8Cl2N4Se2. The van der Waals surface area contributed by atoms with Gasteiger partial charge in [-0.3, -0.25) is 0 Å². The molecule has 24 heavy (non-hydrogen) atoms. The summed E-state index contributed by atoms with van der Waals surface area (Å²) in [7, 11) is 0. The molecule has 0 unspecified atom stereocenters. The summed E-state index contributed by atoms with van der Waals surface area (Å²) >= 11 is 12.6. The van der Waals surface area contributed by atoms with Crippen molar-refractivity contribution in [2.75, 3.05) is 0 Å². The van der Waals surface area contributed by atoms with Crippen molar-refractivity contribution >= 4 is 80.5 Å². The van der Waals surface area contributed by atoms with Gasteiger partial charge in [0.15, 0.2) is 0 Å². The van der Waals surface area contributed by atoms with Crippen LogP contribution in [0.2, 0.25) is 10.0 Å². The van der Waals surface area contributed by atoms with E-state index >= 15 is 0 Å². The molecule has 0 spiro atoms. The van der Waals surface area contributed by atoms with Crippen molar-refractivity contribution in [3.05, 3.63) is 59.1 Å². The summed E-state index contributed by atoms with van der Waals surface area (Å²) < 4.78 is 2.09. The second-order valence-electron chi connectivity index (χ2n) is 4.85. The van der Waals surface area contributed by atoms with Crippen molar-refractivity contribution in [3.8, 4) is 0 Å². The molecule has 2 aromatic carbocycles. The molecule has 0 bridgehead atoms. The topological polar surface area (TPSA) is 51.6 Å². The fourth-order valence-corrected chi connectivity index (χ4v) is 8.96. The predicted octanol–water partition coefficient (Wildman–Crippen LogP) is 2.15. The van der Waals surface area contributed by atoms with Gasteiger partial charge in [0, 0.05) is 0 Å². The maximum atomic E-state index is 6.12. The van der Waals surface area contributed by atoms with E-state index in [2.05, 4.69) is 19.9 Å². The van der Waals surface area contributed by atoms with Crippen LogP contribution in [0.3, 0.4) is 0 Å². The molecule has 2 heterocycles. The maximum absolute atomic E-state index is 6.12. The van der Waals surface area contributed by atoms with Crippen LogP contribution < -0.4 is 9.18 Å². The number of halogens is 2. The van der Waals surface area contributed by atoms with Crippen molar-refractivity contribution in [1.29, 1.82) is 0 Å². The average Bonchev–Trinajstić information content (AvgIpc) is 2.60. The van der Waals surface area contributed by atoms with Crippen molar-refractivity contribution in [1.82, 2.24) is 19.9 Å². The molecule has 4 rings (SSSR count). The first-order valence-electron chi connectivity index (χ1n) is 6.86. The molecule has 0 saturated carbocycles. The molecule has 8 heteroatoms. The SMILES string of the molecule is Clc1ccc2ncnc([Se][Se]c3ncnc4ccc(Cl)cc34)c2c1. The average molecular weight is 485 g/mol. The fourth-order valence-electron chi connectivity index (χ4n) is 2.22. The number of hydrogen-bond acceptors (Lipinski definition) is 4. The molecule has 0 aliphatic rings. The number of benzene rings is 2. The van der Waals surface area contributed by atoms with Gasteiger partial charge in [-0.05, 0) is 0 Å². The minimum absolute atomic E-state index is 0.155. The van der Waals surface area contributed by atoms with E-state index in [4.69, 9.17) is 23.2 Å². The van der Waals surface area contributed by atoms with Gasteiger partial charge in [0.1, 0.15) is 0 Å². The number of fused-ring (bicyclic) bond motifs is 2. The molecule has 0 amide bonds. The van der Waals surface area contributed by atoms with Crippen LogP contribution in [0.15, 0.2) is 49.1 Å². The zero-order valence-electron chi connectivity index (χ0n) is 12.0. The second-order valence-corrected chi connectivity index (χ2v) is 11.7. The van der Waals surface area contributed by atoms with Gasteiger partial charge in [-0.1, -0.05) is 0 Å². The van der Waals surface area contributed by atoms with Crippen LogP contribution in [0.1, 0.15) is 0 Å². The summed E-state index contributed by atoms with van der Waals surface area (Å²) in [6.07, 6.45) is 3.22. The van der Waals surface area contributed by atoms with E-state index in [9.17, 15) is 0 Å². The molecule has 4 nitrogen and oxygen atoms in total. The zero-order chi connectivity index (χ0) is 16.5. The number of rotatable bonds is 3. The van der Waals surface area contributed by atoms with Crippen LogP contribution in [0.4, 0.5) is 0 Å². The minimum atomic E-state index is 0.155. The van der Waals surface area contributed by atoms with Crippen LogP contribution in [0.25, 0.3) is 21.8 Å². The molecule has 0 N–H and O–H groups in total. The molecule has 0 aliphatic heterocycles. The molecule has 0 atom stereocenters. The van der Waals surface area contributed by atoms with Crippen molar-refractivity contribution < 1.29 is 0 Å². The summed E-state index contributed by atoms with van der Waals surface area (Å²) in [5, 5.41) is 3.42. The predicted molar refractivity (Wildman–Crippen MR) is 99.9 cm³/mol. The van der Waals surface area contributed by atoms with Gasteiger partial charge in [-0.15, -0.1) is 0 Å². The molecule has 0 saturated heterocycles. The van der Waals surface area contributed by atoms with E-state index < -0.39 is 0 Å². The van der Waals surface area contributed by atoms with Gasteiger partial charge in [-0.25, -0.2) is 0 Å². The van der Waals surface area contributed by atoms with E-state index in [1.54, 1.807) is 12.7 Å². The Bertz CT molecular complexity index is 973. The molecule has 4 aromatic rings. The fraction of sp³-hybridized carbons (Fsp3) is 0. The van der Waals surface area contributed by atoms with Crippen molar-refractivity contribution in [2.24, 2.45) is 0 Å². The second kappa shape index (κ2) is 6.93. The molecule has 118 valence electrons. The Labute approximate surface area is 158 Å². The van der Waals surface area contributed by atoms with Gasteiger partial charge >= 0.3 is 159 Å². The number of aromatic nitrogens is 4. The van der Waals surface area contributed by atoms with Gasteiger partial charge < -0.3 is 0 Å². The van der Waals surface area contributed by atoms with Gasteiger partial charge in [0.05, 0.1) is 0 Å². The van der Waals surface area contributed by atoms with E-state index in [-0.39, 0.29) is 26.3 Å². The first-order valence-corrected chi connectivity index (χ1v) is 13.7. The quantitative estimate of drug-likeness (QED) is 0.418. The van der Waals surface area contributed by atoms with Crippen LogP contribution in [-0.4, -0.2) is 46.2 Å². The number of hydrogen-bond donors (Lipinski definition) is 0. The normalized spacial score (nSPS) is 11.2. The molecule has 0 aliphatic carbocycles. The van der Waals surface area contributed by atoms with Crippen molar-refractivity contribution in [2.45, 2.75) is 0 Å². The Morgan fingerprint density at radius 2 is 1.08 bits per heavy atom. The molecule has 0 fully saturated rings. The Morgan fingerprint density at radius 1 is 0.625 bits per heavy atom. The van der Waals surface area contributed by atoms with Crippen LogP contribution in [-0.2, 0) is 0 Å². The van der Waals surface area contributed by atoms with Crippen LogP contribution in [0, 0.1) is 0 Å². The first kappa shape index (κ1) is 16.2. The number of nitrogens with zero attached hydrogens (tertiary/aromatic N) is 4. The third-order valence-corrected chi connectivity index (χ3v) is 10.3. The standard InChI is InChI=1S/C16H8Cl2N4Se2/c17-9-1-3-13-11(5-9)15(21-7-19-13)23-24-16-12-6-10(18)2-4-14(12)20-8-22-16/h1-8H. The third kappa shape index (κ3) is 3.27. The van der Waals surface area contributed by atoms with E-state index in [0.29, 0.717) is 10.0 Å². The summed E-state index contributed by atoms with van der Waals surface area (Å²) in [4.78, 5) is 17.5. The van der Waals surface area contributed by atoms with Gasteiger partial charge in [-0.2, -0.15) is 0 Å². The molecule has 2 aromatic heterocycles. The Balaban J connectivity index is 1.71. The summed E-state index contributed by atoms with van der Waals surface area (Å²) in [6.45, 7) is 0. The van der Waals surface area contributed by atoms with E-state index in [0.717, 1.165) is 31.0 Å².